The molecule has 0 aliphatic rings. The van der Waals surface area contributed by atoms with Gasteiger partial charge in [-0.25, -0.2) is 18.6 Å². The summed E-state index contributed by atoms with van der Waals surface area (Å²) in [5.74, 6) is -0.0351. The molecular formula is C22H28N4O6S. The Morgan fingerprint density at radius 1 is 1.03 bits per heavy atom. The Labute approximate surface area is 193 Å². The van der Waals surface area contributed by atoms with Crippen LogP contribution in [0.25, 0.3) is 0 Å². The molecule has 0 aliphatic heterocycles. The lowest BCUT2D eigenvalue weighted by Crippen LogP contribution is -2.40. The van der Waals surface area contributed by atoms with Gasteiger partial charge in [0.25, 0.3) is 5.91 Å². The van der Waals surface area contributed by atoms with Gasteiger partial charge in [-0.05, 0) is 49.7 Å². The summed E-state index contributed by atoms with van der Waals surface area (Å²) in [6, 6.07) is 10.8. The van der Waals surface area contributed by atoms with Gasteiger partial charge in [-0.1, -0.05) is 12.1 Å². The molecule has 0 spiro atoms. The van der Waals surface area contributed by atoms with Crippen LogP contribution in [0.5, 0.6) is 11.5 Å². The smallest absolute Gasteiger partial charge is 0.272 e. The molecule has 0 aliphatic carbocycles. The number of amides is 2. The number of nitrogens with zero attached hydrogens (tertiary/aromatic N) is 2. The van der Waals surface area contributed by atoms with Gasteiger partial charge in [-0.2, -0.15) is 5.10 Å². The summed E-state index contributed by atoms with van der Waals surface area (Å²) in [5.41, 5.74) is 2.84. The van der Waals surface area contributed by atoms with E-state index in [0.717, 1.165) is 0 Å². The number of likely N-dealkylation sites (N-methyl/N-ethyl adjacent to an activating group) is 1. The Hall–Kier alpha value is -3.44. The average molecular weight is 477 g/mol. The van der Waals surface area contributed by atoms with Gasteiger partial charge in [0.2, 0.25) is 15.9 Å². The molecule has 33 heavy (non-hydrogen) atoms. The minimum absolute atomic E-state index is 0.107. The van der Waals surface area contributed by atoms with Crippen LogP contribution in [0.15, 0.2) is 52.5 Å². The second kappa shape index (κ2) is 12.0. The second-order valence-electron chi connectivity index (χ2n) is 6.70. The molecule has 178 valence electrons. The number of rotatable bonds is 11. The first kappa shape index (κ1) is 25.8. The lowest BCUT2D eigenvalue weighted by Gasteiger charge is -2.19. The van der Waals surface area contributed by atoms with Crippen molar-refractivity contribution in [2.75, 3.05) is 33.9 Å². The number of carbonyl (C=O) groups is 2. The van der Waals surface area contributed by atoms with Crippen molar-refractivity contribution in [3.05, 3.63) is 53.6 Å². The topological polar surface area (TPSA) is 126 Å². The van der Waals surface area contributed by atoms with Crippen LogP contribution in [0.3, 0.4) is 0 Å². The predicted octanol–water partition coefficient (Wildman–Crippen LogP) is 1.61. The third-order valence-corrected chi connectivity index (χ3v) is 6.20. The molecule has 0 atom stereocenters. The van der Waals surface area contributed by atoms with E-state index in [4.69, 9.17) is 9.47 Å². The molecule has 2 rings (SSSR count). The summed E-state index contributed by atoms with van der Waals surface area (Å²) in [7, 11) is -1.09. The number of ether oxygens (including phenoxy) is 2. The van der Waals surface area contributed by atoms with Crippen molar-refractivity contribution >= 4 is 28.1 Å². The fraction of sp³-hybridized carbons (Fsp3) is 0.318. The van der Waals surface area contributed by atoms with Crippen LogP contribution in [-0.4, -0.2) is 65.2 Å². The molecule has 2 N–H and O–H groups in total. The first-order valence-corrected chi connectivity index (χ1v) is 11.7. The SMILES string of the molecule is CCN(CC)C(=O)CNS(=O)(=O)c1ccccc1C(=O)NN=Cc1ccc(OC)c(OC)c1. The van der Waals surface area contributed by atoms with E-state index < -0.39 is 22.5 Å². The molecule has 2 amide bonds. The van der Waals surface area contributed by atoms with Gasteiger partial charge in [0.05, 0.1) is 37.4 Å². The van der Waals surface area contributed by atoms with E-state index in [0.29, 0.717) is 30.2 Å². The number of methoxy groups -OCH3 is 2. The summed E-state index contributed by atoms with van der Waals surface area (Å²) in [5, 5.41) is 3.89. The zero-order chi connectivity index (χ0) is 24.4. The fourth-order valence-corrected chi connectivity index (χ4v) is 4.15. The zero-order valence-corrected chi connectivity index (χ0v) is 19.8. The molecule has 2 aromatic carbocycles. The molecule has 0 heterocycles. The zero-order valence-electron chi connectivity index (χ0n) is 19.0. The number of hydrogen-bond donors (Lipinski definition) is 2. The average Bonchev–Trinajstić information content (AvgIpc) is 2.83. The number of benzene rings is 2. The molecule has 0 fully saturated rings. The highest BCUT2D eigenvalue weighted by atomic mass is 32.2. The third kappa shape index (κ3) is 6.77. The quantitative estimate of drug-likeness (QED) is 0.375. The molecule has 2 aromatic rings. The van der Waals surface area contributed by atoms with Gasteiger partial charge in [0.15, 0.2) is 11.5 Å². The Kier molecular flexibility index (Phi) is 9.37. The van der Waals surface area contributed by atoms with E-state index in [1.165, 1.54) is 49.6 Å². The molecule has 11 heteroatoms. The largest absolute Gasteiger partial charge is 0.493 e. The van der Waals surface area contributed by atoms with Crippen molar-refractivity contribution in [3.8, 4) is 11.5 Å². The number of hydrazone groups is 1. The summed E-state index contributed by atoms with van der Waals surface area (Å²) >= 11 is 0. The first-order chi connectivity index (χ1) is 15.8. The lowest BCUT2D eigenvalue weighted by atomic mass is 10.2. The van der Waals surface area contributed by atoms with E-state index in [1.807, 2.05) is 0 Å². The Balaban J connectivity index is 2.15. The minimum atomic E-state index is -4.12. The molecule has 10 nitrogen and oxygen atoms in total. The van der Waals surface area contributed by atoms with Crippen molar-refractivity contribution in [2.24, 2.45) is 5.10 Å². The van der Waals surface area contributed by atoms with Gasteiger partial charge < -0.3 is 14.4 Å². The monoisotopic (exact) mass is 476 g/mol. The highest BCUT2D eigenvalue weighted by Crippen LogP contribution is 2.26. The highest BCUT2D eigenvalue weighted by Gasteiger charge is 2.23. The third-order valence-electron chi connectivity index (χ3n) is 4.74. The minimum Gasteiger partial charge on any atom is -0.493 e. The Bertz CT molecular complexity index is 1110. The molecule has 0 aromatic heterocycles. The maximum atomic E-state index is 12.8. The molecular weight excluding hydrogens is 448 g/mol. The van der Waals surface area contributed by atoms with Crippen molar-refractivity contribution in [3.63, 3.8) is 0 Å². The summed E-state index contributed by atoms with van der Waals surface area (Å²) < 4.78 is 38.2. The van der Waals surface area contributed by atoms with Crippen molar-refractivity contribution in [2.45, 2.75) is 18.7 Å². The number of hydrogen-bond acceptors (Lipinski definition) is 7. The molecule has 0 saturated heterocycles. The molecule has 0 saturated carbocycles. The van der Waals surface area contributed by atoms with Crippen LogP contribution in [0.4, 0.5) is 0 Å². The Morgan fingerprint density at radius 2 is 1.70 bits per heavy atom. The number of carbonyl (C=O) groups excluding carboxylic acids is 2. The van der Waals surface area contributed by atoms with Crippen LogP contribution in [0.1, 0.15) is 29.8 Å². The number of nitrogens with one attached hydrogen (secondary N) is 2. The Morgan fingerprint density at radius 3 is 2.33 bits per heavy atom. The van der Waals surface area contributed by atoms with Gasteiger partial charge in [-0.15, -0.1) is 0 Å². The predicted molar refractivity (Wildman–Crippen MR) is 124 cm³/mol. The van der Waals surface area contributed by atoms with Crippen molar-refractivity contribution in [1.29, 1.82) is 0 Å². The highest BCUT2D eigenvalue weighted by molar-refractivity contribution is 7.89. The first-order valence-electron chi connectivity index (χ1n) is 10.2. The van der Waals surface area contributed by atoms with Crippen LogP contribution in [0.2, 0.25) is 0 Å². The summed E-state index contributed by atoms with van der Waals surface area (Å²) in [6.07, 6.45) is 1.39. The molecule has 0 unspecified atom stereocenters. The van der Waals surface area contributed by atoms with Gasteiger partial charge in [0, 0.05) is 13.1 Å². The van der Waals surface area contributed by atoms with E-state index in [-0.39, 0.29) is 16.4 Å². The van der Waals surface area contributed by atoms with Crippen molar-refractivity contribution in [1.82, 2.24) is 15.0 Å². The van der Waals surface area contributed by atoms with E-state index >= 15 is 0 Å². The van der Waals surface area contributed by atoms with Crippen molar-refractivity contribution < 1.29 is 27.5 Å². The van der Waals surface area contributed by atoms with Crippen LogP contribution in [0, 0.1) is 0 Å². The van der Waals surface area contributed by atoms with Crippen LogP contribution in [-0.2, 0) is 14.8 Å². The van der Waals surface area contributed by atoms with Gasteiger partial charge >= 0.3 is 0 Å². The standard InChI is InChI=1S/C22H28N4O6S/c1-5-26(6-2)21(27)15-24-33(29,30)20-10-8-7-9-17(20)22(28)25-23-14-16-11-12-18(31-3)19(13-16)32-4/h7-14,24H,5-6,15H2,1-4H3,(H,25,28). The maximum absolute atomic E-state index is 12.8. The van der Waals surface area contributed by atoms with Gasteiger partial charge in [-0.3, -0.25) is 9.59 Å². The van der Waals surface area contributed by atoms with E-state index in [9.17, 15) is 18.0 Å². The normalized spacial score (nSPS) is 11.3. The summed E-state index contributed by atoms with van der Waals surface area (Å²) in [6.45, 7) is 4.13. The second-order valence-corrected chi connectivity index (χ2v) is 8.44. The lowest BCUT2D eigenvalue weighted by molar-refractivity contribution is -0.129. The maximum Gasteiger partial charge on any atom is 0.272 e. The number of sulfonamides is 1. The van der Waals surface area contributed by atoms with Crippen LogP contribution >= 0.6 is 0 Å². The van der Waals surface area contributed by atoms with E-state index in [2.05, 4.69) is 15.2 Å². The summed E-state index contributed by atoms with van der Waals surface area (Å²) in [4.78, 5) is 26.0. The molecule has 0 bridgehead atoms. The van der Waals surface area contributed by atoms with Gasteiger partial charge in [0.1, 0.15) is 0 Å². The van der Waals surface area contributed by atoms with Crippen LogP contribution < -0.4 is 19.6 Å². The molecule has 0 radical (unpaired) electrons. The van der Waals surface area contributed by atoms with E-state index in [1.54, 1.807) is 32.0 Å². The fourth-order valence-electron chi connectivity index (χ4n) is 2.97.